The van der Waals surface area contributed by atoms with E-state index in [9.17, 15) is 14.0 Å². The smallest absolute Gasteiger partial charge is 0.317 e. The van der Waals surface area contributed by atoms with Gasteiger partial charge in [0.05, 0.1) is 13.1 Å². The fraction of sp³-hybridized carbons (Fsp3) is 0.529. The third-order valence-electron chi connectivity index (χ3n) is 4.39. The van der Waals surface area contributed by atoms with E-state index >= 15 is 0 Å². The van der Waals surface area contributed by atoms with Gasteiger partial charge in [-0.2, -0.15) is 0 Å². The molecule has 0 unspecified atom stereocenters. The summed E-state index contributed by atoms with van der Waals surface area (Å²) in [5.74, 6) is -1.34. The first-order valence-electron chi connectivity index (χ1n) is 8.05. The van der Waals surface area contributed by atoms with Crippen LogP contribution in [0.2, 0.25) is 0 Å². The maximum atomic E-state index is 13.5. The van der Waals surface area contributed by atoms with Crippen LogP contribution in [0.3, 0.4) is 0 Å². The lowest BCUT2D eigenvalue weighted by atomic mass is 10.0. The lowest BCUT2D eigenvalue weighted by molar-refractivity contribution is -0.138. The predicted octanol–water partition coefficient (Wildman–Crippen LogP) is 1.55. The number of anilines is 1. The molecule has 1 amide bonds. The van der Waals surface area contributed by atoms with Gasteiger partial charge < -0.3 is 10.4 Å². The van der Waals surface area contributed by atoms with E-state index in [2.05, 4.69) is 5.32 Å². The first-order valence-corrected chi connectivity index (χ1v) is 8.05. The van der Waals surface area contributed by atoms with Gasteiger partial charge in [0.25, 0.3) is 0 Å². The van der Waals surface area contributed by atoms with E-state index in [0.29, 0.717) is 11.3 Å². The number of hydrogen-bond acceptors (Lipinski definition) is 4. The third-order valence-corrected chi connectivity index (χ3v) is 4.39. The lowest BCUT2D eigenvalue weighted by Gasteiger charge is -2.35. The number of rotatable bonds is 6. The number of piperidine rings is 1. The van der Waals surface area contributed by atoms with Crippen LogP contribution in [-0.2, 0) is 9.59 Å². The van der Waals surface area contributed by atoms with E-state index in [1.807, 2.05) is 16.8 Å². The molecule has 1 heterocycles. The van der Waals surface area contributed by atoms with Crippen LogP contribution in [0.5, 0.6) is 0 Å². The van der Waals surface area contributed by atoms with Crippen LogP contribution in [0.15, 0.2) is 18.2 Å². The molecule has 1 aromatic rings. The Kier molecular flexibility index (Phi) is 6.28. The molecule has 0 spiro atoms. The van der Waals surface area contributed by atoms with Crippen molar-refractivity contribution in [1.29, 1.82) is 0 Å². The first kappa shape index (κ1) is 18.4. The number of aryl methyl sites for hydroxylation is 1. The Labute approximate surface area is 141 Å². The quantitative estimate of drug-likeness (QED) is 0.824. The number of likely N-dealkylation sites (N-methyl/N-ethyl adjacent to an activating group) is 1. The number of nitrogens with zero attached hydrogens (tertiary/aromatic N) is 2. The second-order valence-corrected chi connectivity index (χ2v) is 6.33. The molecule has 6 nitrogen and oxygen atoms in total. The Hall–Kier alpha value is -1.99. The van der Waals surface area contributed by atoms with Crippen molar-refractivity contribution in [3.63, 3.8) is 0 Å². The van der Waals surface area contributed by atoms with Crippen molar-refractivity contribution in [1.82, 2.24) is 9.80 Å². The Morgan fingerprint density at radius 1 is 1.38 bits per heavy atom. The summed E-state index contributed by atoms with van der Waals surface area (Å²) in [6, 6.07) is 4.87. The van der Waals surface area contributed by atoms with E-state index in [4.69, 9.17) is 5.11 Å². The van der Waals surface area contributed by atoms with Gasteiger partial charge in [-0.1, -0.05) is 6.07 Å². The van der Waals surface area contributed by atoms with Crippen molar-refractivity contribution in [3.8, 4) is 0 Å². The number of carbonyl (C=O) groups is 2. The average molecular weight is 337 g/mol. The summed E-state index contributed by atoms with van der Waals surface area (Å²) in [5.41, 5.74) is 1.000. The molecule has 0 saturated carbocycles. The number of benzene rings is 1. The van der Waals surface area contributed by atoms with Crippen LogP contribution < -0.4 is 5.32 Å². The Morgan fingerprint density at radius 2 is 2.04 bits per heavy atom. The molecular weight excluding hydrogens is 313 g/mol. The summed E-state index contributed by atoms with van der Waals surface area (Å²) in [5, 5.41) is 11.5. The number of halogens is 1. The summed E-state index contributed by atoms with van der Waals surface area (Å²) >= 11 is 0. The summed E-state index contributed by atoms with van der Waals surface area (Å²) in [4.78, 5) is 26.7. The summed E-state index contributed by atoms with van der Waals surface area (Å²) < 4.78 is 13.5. The van der Waals surface area contributed by atoms with E-state index in [1.54, 1.807) is 19.1 Å². The topological polar surface area (TPSA) is 72.9 Å². The molecule has 0 radical (unpaired) electrons. The minimum atomic E-state index is -0.829. The Morgan fingerprint density at radius 3 is 2.62 bits per heavy atom. The highest BCUT2D eigenvalue weighted by Gasteiger charge is 2.24. The van der Waals surface area contributed by atoms with Gasteiger partial charge >= 0.3 is 5.97 Å². The molecule has 0 atom stereocenters. The molecule has 1 aliphatic heterocycles. The van der Waals surface area contributed by atoms with Crippen molar-refractivity contribution in [2.75, 3.05) is 38.5 Å². The molecule has 7 heteroatoms. The highest BCUT2D eigenvalue weighted by molar-refractivity contribution is 5.92. The number of carboxylic acids is 1. The van der Waals surface area contributed by atoms with Crippen molar-refractivity contribution in [2.24, 2.45) is 0 Å². The molecule has 1 aliphatic rings. The van der Waals surface area contributed by atoms with Crippen LogP contribution >= 0.6 is 0 Å². The molecule has 0 bridgehead atoms. The van der Waals surface area contributed by atoms with E-state index in [-0.39, 0.29) is 30.9 Å². The fourth-order valence-electron chi connectivity index (χ4n) is 2.93. The molecule has 132 valence electrons. The van der Waals surface area contributed by atoms with Gasteiger partial charge in [0.1, 0.15) is 5.82 Å². The van der Waals surface area contributed by atoms with Crippen LogP contribution in [0.25, 0.3) is 0 Å². The summed E-state index contributed by atoms with van der Waals surface area (Å²) in [7, 11) is 1.81. The molecule has 1 fully saturated rings. The van der Waals surface area contributed by atoms with Gasteiger partial charge in [-0.15, -0.1) is 0 Å². The van der Waals surface area contributed by atoms with Gasteiger partial charge in [0.2, 0.25) is 5.91 Å². The number of amides is 1. The predicted molar refractivity (Wildman–Crippen MR) is 89.5 cm³/mol. The maximum absolute atomic E-state index is 13.5. The van der Waals surface area contributed by atoms with Gasteiger partial charge in [-0.3, -0.25) is 19.4 Å². The molecule has 1 saturated heterocycles. The standard InChI is InChI=1S/C17H24FN3O3/c1-12-3-4-13(9-15(12)18)19-16(22)10-21-7-5-14(6-8-21)20(2)11-17(23)24/h3-4,9,14H,5-8,10-11H2,1-2H3,(H,19,22)(H,23,24). The number of hydrogen-bond donors (Lipinski definition) is 2. The largest absolute Gasteiger partial charge is 0.480 e. The van der Waals surface area contributed by atoms with Gasteiger partial charge in [-0.05, 0) is 44.5 Å². The highest BCUT2D eigenvalue weighted by Crippen LogP contribution is 2.16. The molecule has 0 aromatic heterocycles. The second kappa shape index (κ2) is 8.21. The molecule has 0 aliphatic carbocycles. The lowest BCUT2D eigenvalue weighted by Crippen LogP contribution is -2.46. The molecule has 1 aromatic carbocycles. The van der Waals surface area contributed by atoms with E-state index in [1.165, 1.54) is 6.07 Å². The molecular formula is C17H24FN3O3. The number of carbonyl (C=O) groups excluding carboxylic acids is 1. The SMILES string of the molecule is Cc1ccc(NC(=O)CN2CCC(N(C)CC(=O)O)CC2)cc1F. The zero-order valence-corrected chi connectivity index (χ0v) is 14.1. The summed E-state index contributed by atoms with van der Waals surface area (Å²) in [6.45, 7) is 3.44. The van der Waals surface area contributed by atoms with Crippen LogP contribution in [0.4, 0.5) is 10.1 Å². The average Bonchev–Trinajstić information content (AvgIpc) is 2.51. The zero-order valence-electron chi connectivity index (χ0n) is 14.1. The Balaban J connectivity index is 1.77. The van der Waals surface area contributed by atoms with Gasteiger partial charge in [0, 0.05) is 24.8 Å². The first-order chi connectivity index (χ1) is 11.3. The Bertz CT molecular complexity index is 601. The van der Waals surface area contributed by atoms with Crippen molar-refractivity contribution in [2.45, 2.75) is 25.8 Å². The fourth-order valence-corrected chi connectivity index (χ4v) is 2.93. The monoisotopic (exact) mass is 337 g/mol. The second-order valence-electron chi connectivity index (χ2n) is 6.33. The van der Waals surface area contributed by atoms with Crippen LogP contribution in [-0.4, -0.2) is 66.1 Å². The molecule has 24 heavy (non-hydrogen) atoms. The van der Waals surface area contributed by atoms with Crippen molar-refractivity contribution in [3.05, 3.63) is 29.6 Å². The molecule has 2 rings (SSSR count). The van der Waals surface area contributed by atoms with Gasteiger partial charge in [-0.25, -0.2) is 4.39 Å². The van der Waals surface area contributed by atoms with Crippen molar-refractivity contribution >= 4 is 17.6 Å². The van der Waals surface area contributed by atoms with Gasteiger partial charge in [0.15, 0.2) is 0 Å². The van der Waals surface area contributed by atoms with Crippen LogP contribution in [0.1, 0.15) is 18.4 Å². The third kappa shape index (κ3) is 5.28. The maximum Gasteiger partial charge on any atom is 0.317 e. The number of carboxylic acid groups (broad SMARTS) is 1. The highest BCUT2D eigenvalue weighted by atomic mass is 19.1. The number of aliphatic carboxylic acids is 1. The number of nitrogens with one attached hydrogen (secondary N) is 1. The van der Waals surface area contributed by atoms with E-state index < -0.39 is 5.97 Å². The van der Waals surface area contributed by atoms with E-state index in [0.717, 1.165) is 25.9 Å². The minimum absolute atomic E-state index is 0.0319. The number of likely N-dealkylation sites (tertiary alicyclic amines) is 1. The van der Waals surface area contributed by atoms with Crippen LogP contribution in [0, 0.1) is 12.7 Å². The molecule has 2 N–H and O–H groups in total. The normalized spacial score (nSPS) is 16.3. The summed E-state index contributed by atoms with van der Waals surface area (Å²) in [6.07, 6.45) is 1.66. The van der Waals surface area contributed by atoms with Crippen molar-refractivity contribution < 1.29 is 19.1 Å². The zero-order chi connectivity index (χ0) is 17.7. The minimum Gasteiger partial charge on any atom is -0.480 e.